The van der Waals surface area contributed by atoms with Gasteiger partial charge in [-0.15, -0.1) is 17.9 Å². The zero-order valence-electron chi connectivity index (χ0n) is 15.3. The summed E-state index contributed by atoms with van der Waals surface area (Å²) in [6, 6.07) is 0. The quantitative estimate of drug-likeness (QED) is 0.446. The molecule has 0 spiro atoms. The molecule has 0 saturated heterocycles. The monoisotopic (exact) mass is 351 g/mol. The first-order chi connectivity index (χ1) is 11.2. The number of nitrogens with one attached hydrogen (secondary N) is 2. The van der Waals surface area contributed by atoms with Gasteiger partial charge in [0.2, 0.25) is 5.91 Å². The number of hydrogen-bond acceptors (Lipinski definition) is 4. The van der Waals surface area contributed by atoms with Gasteiger partial charge in [-0.2, -0.15) is 0 Å². The van der Waals surface area contributed by atoms with Crippen LogP contribution in [-0.4, -0.2) is 55.5 Å². The number of carbonyl (C=O) groups excluding carboxylic acids is 1. The molecule has 1 rings (SSSR count). The molecule has 1 amide bonds. The maximum Gasteiger partial charge on any atom is 0.243 e. The first-order valence-electron chi connectivity index (χ1n) is 8.02. The van der Waals surface area contributed by atoms with Crippen molar-refractivity contribution in [3.63, 3.8) is 0 Å². The first kappa shape index (κ1) is 20.2. The smallest absolute Gasteiger partial charge is 0.243 e. The Morgan fingerprint density at radius 2 is 2.12 bits per heavy atom. The van der Waals surface area contributed by atoms with E-state index in [4.69, 9.17) is 0 Å². The molecule has 1 heterocycles. The number of nitrogens with zero attached hydrogens (tertiary/aromatic N) is 3. The van der Waals surface area contributed by atoms with Crippen LogP contribution in [0.5, 0.6) is 0 Å². The van der Waals surface area contributed by atoms with Gasteiger partial charge >= 0.3 is 0 Å². The van der Waals surface area contributed by atoms with Crippen LogP contribution in [0.15, 0.2) is 23.0 Å². The summed E-state index contributed by atoms with van der Waals surface area (Å²) in [4.78, 5) is 22.1. The number of amides is 1. The van der Waals surface area contributed by atoms with Crippen molar-refractivity contribution >= 4 is 23.2 Å². The molecule has 0 atom stereocenters. The minimum atomic E-state index is -0.0379. The van der Waals surface area contributed by atoms with Crippen molar-refractivity contribution in [2.45, 2.75) is 32.6 Å². The molecule has 2 N–H and O–H groups in total. The molecule has 0 fully saturated rings. The van der Waals surface area contributed by atoms with Gasteiger partial charge in [0.25, 0.3) is 0 Å². The van der Waals surface area contributed by atoms with Crippen LogP contribution in [0.1, 0.15) is 31.5 Å². The Hall–Kier alpha value is -1.89. The molecular formula is C17H29N5OS. The van der Waals surface area contributed by atoms with Gasteiger partial charge in [0.05, 0.1) is 10.7 Å². The lowest BCUT2D eigenvalue weighted by Gasteiger charge is -2.14. The zero-order chi connectivity index (χ0) is 18.2. The Morgan fingerprint density at radius 1 is 1.42 bits per heavy atom. The number of guanidine groups is 1. The third kappa shape index (κ3) is 7.12. The van der Waals surface area contributed by atoms with E-state index in [1.807, 2.05) is 0 Å². The Bertz CT molecular complexity index is 572. The van der Waals surface area contributed by atoms with Crippen molar-refractivity contribution in [1.82, 2.24) is 20.5 Å². The molecule has 7 heteroatoms. The fourth-order valence-corrected chi connectivity index (χ4v) is 2.65. The van der Waals surface area contributed by atoms with Crippen molar-refractivity contribution < 1.29 is 4.79 Å². The highest BCUT2D eigenvalue weighted by molar-refractivity contribution is 7.09. The Morgan fingerprint density at radius 3 is 2.67 bits per heavy atom. The average Bonchev–Trinajstić information content (AvgIpc) is 2.98. The Labute approximate surface area is 149 Å². The van der Waals surface area contributed by atoms with Gasteiger partial charge in [0.1, 0.15) is 6.54 Å². The topological polar surface area (TPSA) is 69.6 Å². The molecule has 0 aliphatic carbocycles. The van der Waals surface area contributed by atoms with Crippen LogP contribution in [0.2, 0.25) is 0 Å². The normalized spacial score (nSPS) is 12.0. The molecule has 134 valence electrons. The highest BCUT2D eigenvalue weighted by atomic mass is 32.1. The van der Waals surface area contributed by atoms with Gasteiger partial charge < -0.3 is 15.5 Å². The molecule has 0 aliphatic rings. The van der Waals surface area contributed by atoms with E-state index in [9.17, 15) is 4.79 Å². The summed E-state index contributed by atoms with van der Waals surface area (Å²) in [5, 5.41) is 9.59. The van der Waals surface area contributed by atoms with E-state index in [1.54, 1.807) is 31.5 Å². The van der Waals surface area contributed by atoms with Gasteiger partial charge in [-0.25, -0.2) is 9.98 Å². The highest BCUT2D eigenvalue weighted by Gasteiger charge is 2.17. The Balaban J connectivity index is 2.55. The lowest BCUT2D eigenvalue weighted by molar-refractivity contribution is -0.127. The van der Waals surface area contributed by atoms with Gasteiger partial charge in [-0.3, -0.25) is 4.79 Å². The van der Waals surface area contributed by atoms with Crippen LogP contribution in [0, 0.1) is 0 Å². The van der Waals surface area contributed by atoms with E-state index in [-0.39, 0.29) is 17.9 Å². The van der Waals surface area contributed by atoms with Gasteiger partial charge in [0.15, 0.2) is 5.96 Å². The fraction of sp³-hybridized carbons (Fsp3) is 0.588. The molecule has 0 saturated carbocycles. The summed E-state index contributed by atoms with van der Waals surface area (Å²) in [5.74, 6) is 0.570. The van der Waals surface area contributed by atoms with Crippen LogP contribution in [0.3, 0.4) is 0 Å². The second kappa shape index (κ2) is 9.42. The molecular weight excluding hydrogens is 322 g/mol. The molecule has 0 aliphatic heterocycles. The molecule has 0 unspecified atom stereocenters. The van der Waals surface area contributed by atoms with Crippen molar-refractivity contribution in [2.75, 3.05) is 33.7 Å². The van der Waals surface area contributed by atoms with Gasteiger partial charge in [-0.1, -0.05) is 26.8 Å². The van der Waals surface area contributed by atoms with Crippen molar-refractivity contribution in [3.8, 4) is 0 Å². The summed E-state index contributed by atoms with van der Waals surface area (Å²) in [6.45, 7) is 11.6. The maximum atomic E-state index is 11.6. The van der Waals surface area contributed by atoms with Crippen molar-refractivity contribution in [3.05, 3.63) is 28.7 Å². The summed E-state index contributed by atoms with van der Waals surface area (Å²) in [5.41, 5.74) is 1.16. The molecule has 1 aromatic rings. The zero-order valence-corrected chi connectivity index (χ0v) is 16.2. The molecule has 0 radical (unpaired) electrons. The number of aromatic nitrogens is 1. The van der Waals surface area contributed by atoms with E-state index in [2.05, 4.69) is 53.3 Å². The van der Waals surface area contributed by atoms with E-state index < -0.39 is 0 Å². The standard InChI is InChI=1S/C17H29N5OS/c1-7-9-18-16(20-11-14(23)22(5)6)19-10-8-13-12-24-15(21-13)17(2,3)4/h7,12H,1,8-11H2,2-6H3,(H2,18,19,20). The summed E-state index contributed by atoms with van der Waals surface area (Å²) >= 11 is 1.70. The number of thiazole rings is 1. The second-order valence-electron chi connectivity index (χ2n) is 6.69. The molecule has 24 heavy (non-hydrogen) atoms. The summed E-state index contributed by atoms with van der Waals surface area (Å²) < 4.78 is 0. The number of rotatable bonds is 7. The SMILES string of the molecule is C=CCNC(=NCC(=O)N(C)C)NCCc1csc(C(C)(C)C)n1. The fourth-order valence-electron chi connectivity index (χ4n) is 1.71. The molecule has 1 aromatic heterocycles. The third-order valence-electron chi connectivity index (χ3n) is 3.15. The number of likely N-dealkylation sites (N-methyl/N-ethyl adjacent to an activating group) is 1. The van der Waals surface area contributed by atoms with E-state index in [0.29, 0.717) is 19.0 Å². The molecule has 0 bridgehead atoms. The minimum absolute atomic E-state index is 0.0379. The van der Waals surface area contributed by atoms with Crippen LogP contribution >= 0.6 is 11.3 Å². The van der Waals surface area contributed by atoms with Crippen LogP contribution < -0.4 is 10.6 Å². The van der Waals surface area contributed by atoms with Crippen molar-refractivity contribution in [1.29, 1.82) is 0 Å². The van der Waals surface area contributed by atoms with Crippen LogP contribution in [0.25, 0.3) is 0 Å². The first-order valence-corrected chi connectivity index (χ1v) is 8.90. The van der Waals surface area contributed by atoms with E-state index >= 15 is 0 Å². The molecule has 6 nitrogen and oxygen atoms in total. The van der Waals surface area contributed by atoms with Crippen molar-refractivity contribution in [2.24, 2.45) is 4.99 Å². The summed E-state index contributed by atoms with van der Waals surface area (Å²) in [7, 11) is 3.44. The van der Waals surface area contributed by atoms with Gasteiger partial charge in [0, 0.05) is 44.4 Å². The summed E-state index contributed by atoms with van der Waals surface area (Å²) in [6.07, 6.45) is 2.56. The number of aliphatic imine (C=N–C) groups is 1. The van der Waals surface area contributed by atoms with E-state index in [0.717, 1.165) is 17.1 Å². The second-order valence-corrected chi connectivity index (χ2v) is 7.55. The van der Waals surface area contributed by atoms with Crippen LogP contribution in [-0.2, 0) is 16.6 Å². The third-order valence-corrected chi connectivity index (χ3v) is 4.47. The highest BCUT2D eigenvalue weighted by Crippen LogP contribution is 2.25. The predicted molar refractivity (Wildman–Crippen MR) is 102 cm³/mol. The number of carbonyl (C=O) groups is 1. The molecule has 0 aromatic carbocycles. The lowest BCUT2D eigenvalue weighted by atomic mass is 9.98. The predicted octanol–water partition coefficient (Wildman–Crippen LogP) is 1.79. The lowest BCUT2D eigenvalue weighted by Crippen LogP contribution is -2.39. The largest absolute Gasteiger partial charge is 0.356 e. The Kier molecular flexibility index (Phi) is 7.91. The van der Waals surface area contributed by atoms with Crippen LogP contribution in [0.4, 0.5) is 0 Å². The maximum absolute atomic E-state index is 11.6. The average molecular weight is 352 g/mol. The minimum Gasteiger partial charge on any atom is -0.356 e. The van der Waals surface area contributed by atoms with E-state index in [1.165, 1.54) is 4.90 Å². The van der Waals surface area contributed by atoms with Gasteiger partial charge in [-0.05, 0) is 0 Å². The number of hydrogen-bond donors (Lipinski definition) is 2.